The van der Waals surface area contributed by atoms with E-state index in [1.807, 2.05) is 6.07 Å². The van der Waals surface area contributed by atoms with Crippen molar-refractivity contribution in [3.05, 3.63) is 35.0 Å². The van der Waals surface area contributed by atoms with Gasteiger partial charge in [-0.25, -0.2) is 4.98 Å². The van der Waals surface area contributed by atoms with Crippen molar-refractivity contribution < 1.29 is 4.74 Å². The first-order valence-electron chi connectivity index (χ1n) is 6.46. The Hall–Kier alpha value is -2.01. The van der Waals surface area contributed by atoms with Crippen LogP contribution in [0, 0.1) is 0 Å². The van der Waals surface area contributed by atoms with Crippen molar-refractivity contribution in [1.82, 2.24) is 9.97 Å². The molecule has 104 valence electrons. The summed E-state index contributed by atoms with van der Waals surface area (Å²) in [6.07, 6.45) is 3.76. The van der Waals surface area contributed by atoms with Crippen LogP contribution in [-0.2, 0) is 6.42 Å². The zero-order valence-electron chi connectivity index (χ0n) is 11.1. The van der Waals surface area contributed by atoms with Crippen LogP contribution in [0.25, 0.3) is 0 Å². The van der Waals surface area contributed by atoms with E-state index in [4.69, 9.17) is 16.3 Å². The van der Waals surface area contributed by atoms with Gasteiger partial charge in [-0.3, -0.25) is 0 Å². The molecule has 0 saturated heterocycles. The van der Waals surface area contributed by atoms with Crippen LogP contribution in [0.3, 0.4) is 0 Å². The first kappa shape index (κ1) is 13.0. The van der Waals surface area contributed by atoms with Gasteiger partial charge in [0.25, 0.3) is 0 Å². The van der Waals surface area contributed by atoms with Gasteiger partial charge < -0.3 is 15.4 Å². The summed E-state index contributed by atoms with van der Waals surface area (Å²) in [6, 6.07) is 6.48. The quantitative estimate of drug-likeness (QED) is 0.909. The summed E-state index contributed by atoms with van der Waals surface area (Å²) in [5.74, 6) is 0.544. The van der Waals surface area contributed by atoms with E-state index in [1.165, 1.54) is 24.6 Å². The fourth-order valence-corrected chi connectivity index (χ4v) is 2.36. The monoisotopic (exact) mass is 290 g/mol. The fourth-order valence-electron chi connectivity index (χ4n) is 2.23. The molecular weight excluding hydrogens is 276 g/mol. The number of halogens is 1. The lowest BCUT2D eigenvalue weighted by Crippen LogP contribution is -2.11. The highest BCUT2D eigenvalue weighted by Crippen LogP contribution is 2.29. The Bertz CT molecular complexity index is 633. The van der Waals surface area contributed by atoms with Gasteiger partial charge >= 0.3 is 6.01 Å². The fraction of sp³-hybridized carbons (Fsp3) is 0.286. The van der Waals surface area contributed by atoms with Crippen molar-refractivity contribution in [3.8, 4) is 6.01 Å². The Kier molecular flexibility index (Phi) is 3.60. The lowest BCUT2D eigenvalue weighted by atomic mass is 10.0. The third kappa shape index (κ3) is 2.63. The van der Waals surface area contributed by atoms with E-state index < -0.39 is 0 Å². The van der Waals surface area contributed by atoms with Gasteiger partial charge in [0, 0.05) is 17.9 Å². The van der Waals surface area contributed by atoms with Gasteiger partial charge in [-0.2, -0.15) is 4.98 Å². The Balaban J connectivity index is 1.87. The normalized spacial score (nSPS) is 13.3. The number of methoxy groups -OCH3 is 1. The van der Waals surface area contributed by atoms with E-state index in [0.717, 1.165) is 25.1 Å². The summed E-state index contributed by atoms with van der Waals surface area (Å²) in [4.78, 5) is 8.16. The van der Waals surface area contributed by atoms with Crippen molar-refractivity contribution in [2.75, 3.05) is 24.3 Å². The molecule has 5 nitrogen and oxygen atoms in total. The Labute approximate surface area is 122 Å². The molecule has 0 fully saturated rings. The number of ether oxygens (including phenoxy) is 1. The van der Waals surface area contributed by atoms with Gasteiger partial charge in [0.1, 0.15) is 5.02 Å². The highest BCUT2D eigenvalue weighted by Gasteiger charge is 2.10. The molecule has 2 heterocycles. The molecule has 0 bridgehead atoms. The predicted molar refractivity (Wildman–Crippen MR) is 80.1 cm³/mol. The van der Waals surface area contributed by atoms with Crippen LogP contribution < -0.4 is 15.4 Å². The number of nitrogens with zero attached hydrogens (tertiary/aromatic N) is 2. The second-order valence-corrected chi connectivity index (χ2v) is 4.99. The molecule has 2 N–H and O–H groups in total. The molecule has 1 aliphatic heterocycles. The number of benzene rings is 1. The summed E-state index contributed by atoms with van der Waals surface area (Å²) in [7, 11) is 1.53. The molecule has 1 aromatic carbocycles. The summed E-state index contributed by atoms with van der Waals surface area (Å²) in [5.41, 5.74) is 3.46. The van der Waals surface area contributed by atoms with E-state index in [2.05, 4.69) is 32.7 Å². The van der Waals surface area contributed by atoms with Crippen LogP contribution in [-0.4, -0.2) is 23.6 Å². The maximum Gasteiger partial charge on any atom is 0.318 e. The molecule has 0 saturated carbocycles. The second kappa shape index (κ2) is 5.54. The molecule has 0 atom stereocenters. The van der Waals surface area contributed by atoms with Gasteiger partial charge in [-0.1, -0.05) is 11.6 Å². The lowest BCUT2D eigenvalue weighted by Gasteiger charge is -2.19. The molecule has 0 radical (unpaired) electrons. The maximum atomic E-state index is 6.09. The van der Waals surface area contributed by atoms with Crippen molar-refractivity contribution in [1.29, 1.82) is 0 Å². The Morgan fingerprint density at radius 1 is 1.40 bits per heavy atom. The third-order valence-corrected chi connectivity index (χ3v) is 3.49. The molecule has 6 heteroatoms. The van der Waals surface area contributed by atoms with Crippen molar-refractivity contribution in [2.45, 2.75) is 12.8 Å². The van der Waals surface area contributed by atoms with Gasteiger partial charge in [0.15, 0.2) is 5.82 Å². The van der Waals surface area contributed by atoms with E-state index in [1.54, 1.807) is 0 Å². The molecule has 1 aromatic heterocycles. The first-order chi connectivity index (χ1) is 9.76. The number of hydrogen-bond acceptors (Lipinski definition) is 5. The number of hydrogen-bond donors (Lipinski definition) is 2. The topological polar surface area (TPSA) is 59.1 Å². The summed E-state index contributed by atoms with van der Waals surface area (Å²) < 4.78 is 5.01. The largest absolute Gasteiger partial charge is 0.467 e. The molecule has 1 aliphatic rings. The van der Waals surface area contributed by atoms with Crippen molar-refractivity contribution in [3.63, 3.8) is 0 Å². The van der Waals surface area contributed by atoms with Crippen LogP contribution in [0.15, 0.2) is 24.4 Å². The van der Waals surface area contributed by atoms with Gasteiger partial charge in [0.2, 0.25) is 0 Å². The molecule has 2 aromatic rings. The minimum atomic E-state index is 0.288. The molecule has 0 unspecified atom stereocenters. The summed E-state index contributed by atoms with van der Waals surface area (Å²) in [6.45, 7) is 1.04. The SMILES string of the molecule is COc1ncc(Cl)c(Nc2ccc3c(c2)CCCN3)n1. The number of rotatable bonds is 3. The van der Waals surface area contributed by atoms with Gasteiger partial charge in [-0.15, -0.1) is 0 Å². The zero-order valence-corrected chi connectivity index (χ0v) is 11.9. The first-order valence-corrected chi connectivity index (χ1v) is 6.84. The predicted octanol–water partition coefficient (Wildman–Crippen LogP) is 3.24. The zero-order chi connectivity index (χ0) is 13.9. The molecule has 3 rings (SSSR count). The highest BCUT2D eigenvalue weighted by atomic mass is 35.5. The van der Waals surface area contributed by atoms with Crippen LogP contribution in [0.2, 0.25) is 5.02 Å². The minimum absolute atomic E-state index is 0.288. The smallest absolute Gasteiger partial charge is 0.318 e. The van der Waals surface area contributed by atoms with Crippen molar-refractivity contribution >= 4 is 28.8 Å². The van der Waals surface area contributed by atoms with Crippen molar-refractivity contribution in [2.24, 2.45) is 0 Å². The van der Waals surface area contributed by atoms with Crippen LogP contribution in [0.5, 0.6) is 6.01 Å². The van der Waals surface area contributed by atoms with Crippen LogP contribution >= 0.6 is 11.6 Å². The Morgan fingerprint density at radius 3 is 3.15 bits per heavy atom. The standard InChI is InChI=1S/C14H15ClN4O/c1-20-14-17-8-11(15)13(19-14)18-10-4-5-12-9(7-10)3-2-6-16-12/h4-5,7-8,16H,2-3,6H2,1H3,(H,17,18,19). The maximum absolute atomic E-state index is 6.09. The van der Waals surface area contributed by atoms with Crippen LogP contribution in [0.4, 0.5) is 17.2 Å². The molecule has 0 spiro atoms. The van der Waals surface area contributed by atoms with E-state index in [0.29, 0.717) is 10.8 Å². The summed E-state index contributed by atoms with van der Waals surface area (Å²) in [5, 5.41) is 7.05. The molecule has 0 amide bonds. The van der Waals surface area contributed by atoms with E-state index in [9.17, 15) is 0 Å². The number of fused-ring (bicyclic) bond motifs is 1. The third-order valence-electron chi connectivity index (χ3n) is 3.21. The number of anilines is 3. The second-order valence-electron chi connectivity index (χ2n) is 4.58. The Morgan fingerprint density at radius 2 is 2.30 bits per heavy atom. The average molecular weight is 291 g/mol. The molecule has 20 heavy (non-hydrogen) atoms. The highest BCUT2D eigenvalue weighted by molar-refractivity contribution is 6.32. The molecule has 0 aliphatic carbocycles. The number of nitrogens with one attached hydrogen (secondary N) is 2. The average Bonchev–Trinajstić information content (AvgIpc) is 2.49. The van der Waals surface area contributed by atoms with Gasteiger partial charge in [0.05, 0.1) is 13.3 Å². The van der Waals surface area contributed by atoms with Gasteiger partial charge in [-0.05, 0) is 36.6 Å². The molecular formula is C14H15ClN4O. The summed E-state index contributed by atoms with van der Waals surface area (Å²) >= 11 is 6.09. The van der Waals surface area contributed by atoms with Crippen LogP contribution in [0.1, 0.15) is 12.0 Å². The van der Waals surface area contributed by atoms with E-state index in [-0.39, 0.29) is 6.01 Å². The lowest BCUT2D eigenvalue weighted by molar-refractivity contribution is 0.380. The number of aryl methyl sites for hydroxylation is 1. The minimum Gasteiger partial charge on any atom is -0.467 e. The van der Waals surface area contributed by atoms with E-state index >= 15 is 0 Å². The number of aromatic nitrogens is 2.